The van der Waals surface area contributed by atoms with Crippen LogP contribution in [0, 0.1) is 0 Å². The van der Waals surface area contributed by atoms with Crippen molar-refractivity contribution in [1.29, 1.82) is 0 Å². The van der Waals surface area contributed by atoms with Crippen LogP contribution in [0.15, 0.2) is 48.7 Å². The van der Waals surface area contributed by atoms with Crippen molar-refractivity contribution in [3.63, 3.8) is 0 Å². The molecular weight excluding hydrogens is 366 g/mol. The van der Waals surface area contributed by atoms with Gasteiger partial charge in [-0.25, -0.2) is 0 Å². The van der Waals surface area contributed by atoms with Crippen LogP contribution in [0.4, 0.5) is 0 Å². The second kappa shape index (κ2) is 9.39. The highest BCUT2D eigenvalue weighted by Crippen LogP contribution is 2.36. The molecule has 1 aromatic heterocycles. The maximum atomic E-state index is 12.1. The lowest BCUT2D eigenvalue weighted by Crippen LogP contribution is -2.32. The third-order valence-electron chi connectivity index (χ3n) is 5.67. The number of hydrogen-bond acceptors (Lipinski definition) is 3. The minimum absolute atomic E-state index is 0.250. The Kier molecular flexibility index (Phi) is 6.67. The zero-order valence-corrected chi connectivity index (χ0v) is 16.6. The fourth-order valence-electron chi connectivity index (χ4n) is 4.14. The number of nitrogens with one attached hydrogen (secondary N) is 1. The van der Waals surface area contributed by atoms with Crippen molar-refractivity contribution in [2.45, 2.75) is 25.7 Å². The van der Waals surface area contributed by atoms with Crippen LogP contribution in [0.25, 0.3) is 22.0 Å². The molecule has 1 aliphatic heterocycles. The van der Waals surface area contributed by atoms with Crippen LogP contribution in [-0.4, -0.2) is 47.0 Å². The molecule has 29 heavy (non-hydrogen) atoms. The molecule has 1 amide bonds. The first-order valence-electron chi connectivity index (χ1n) is 9.89. The smallest absolute Gasteiger partial charge is 0.290 e. The van der Waals surface area contributed by atoms with Crippen LogP contribution >= 0.6 is 0 Å². The van der Waals surface area contributed by atoms with Crippen LogP contribution in [0.1, 0.15) is 41.6 Å². The van der Waals surface area contributed by atoms with Crippen molar-refractivity contribution in [1.82, 2.24) is 9.88 Å². The van der Waals surface area contributed by atoms with Crippen LogP contribution in [0.5, 0.6) is 0 Å². The van der Waals surface area contributed by atoms with E-state index in [1.54, 1.807) is 0 Å². The van der Waals surface area contributed by atoms with Crippen molar-refractivity contribution < 1.29 is 14.7 Å². The van der Waals surface area contributed by atoms with Gasteiger partial charge in [-0.1, -0.05) is 37.3 Å². The summed E-state index contributed by atoms with van der Waals surface area (Å²) >= 11 is 0. The number of aromatic amines is 1. The Labute approximate surface area is 170 Å². The Morgan fingerprint density at radius 3 is 2.45 bits per heavy atom. The summed E-state index contributed by atoms with van der Waals surface area (Å²) in [4.78, 5) is 26.2. The van der Waals surface area contributed by atoms with E-state index in [9.17, 15) is 4.79 Å². The number of nitrogens with two attached hydrogens (primary N) is 1. The molecule has 3 aromatic rings. The molecular formula is C23H27N3O3. The summed E-state index contributed by atoms with van der Waals surface area (Å²) in [6.07, 6.45) is 4.39. The molecule has 2 heterocycles. The van der Waals surface area contributed by atoms with E-state index >= 15 is 0 Å². The molecule has 4 N–H and O–H groups in total. The van der Waals surface area contributed by atoms with Gasteiger partial charge >= 0.3 is 0 Å². The molecule has 152 valence electrons. The van der Waals surface area contributed by atoms with Crippen LogP contribution < -0.4 is 5.73 Å². The molecule has 4 rings (SSSR count). The molecule has 6 nitrogen and oxygen atoms in total. The number of aromatic nitrogens is 1. The van der Waals surface area contributed by atoms with Gasteiger partial charge in [-0.05, 0) is 67.2 Å². The van der Waals surface area contributed by atoms with Gasteiger partial charge in [-0.2, -0.15) is 0 Å². The number of amides is 1. The summed E-state index contributed by atoms with van der Waals surface area (Å²) in [5.41, 5.74) is 10.6. The molecule has 0 saturated carbocycles. The van der Waals surface area contributed by atoms with Gasteiger partial charge < -0.3 is 20.7 Å². The Morgan fingerprint density at radius 1 is 1.21 bits per heavy atom. The number of rotatable bonds is 4. The van der Waals surface area contributed by atoms with Crippen molar-refractivity contribution in [3.05, 3.63) is 59.8 Å². The number of H-pyrrole nitrogens is 1. The van der Waals surface area contributed by atoms with Crippen LogP contribution in [0.2, 0.25) is 0 Å². The predicted octanol–water partition coefficient (Wildman–Crippen LogP) is 3.83. The highest BCUT2D eigenvalue weighted by Gasteiger charge is 2.23. The van der Waals surface area contributed by atoms with E-state index in [2.05, 4.69) is 41.2 Å². The van der Waals surface area contributed by atoms with Gasteiger partial charge in [0.15, 0.2) is 0 Å². The van der Waals surface area contributed by atoms with E-state index in [1.165, 1.54) is 5.56 Å². The van der Waals surface area contributed by atoms with Crippen molar-refractivity contribution >= 4 is 23.3 Å². The number of fused-ring (bicyclic) bond motifs is 1. The van der Waals surface area contributed by atoms with E-state index in [4.69, 9.17) is 15.6 Å². The monoisotopic (exact) mass is 393 g/mol. The number of likely N-dealkylation sites (tertiary alicyclic amines) is 1. The van der Waals surface area contributed by atoms with Gasteiger partial charge in [0.25, 0.3) is 12.4 Å². The third-order valence-corrected chi connectivity index (χ3v) is 5.67. The molecule has 1 saturated heterocycles. The van der Waals surface area contributed by atoms with E-state index in [-0.39, 0.29) is 12.4 Å². The first kappa shape index (κ1) is 20.6. The number of piperidine rings is 1. The zero-order chi connectivity index (χ0) is 20.8. The van der Waals surface area contributed by atoms with Gasteiger partial charge in [-0.3, -0.25) is 9.59 Å². The SMILES string of the molecule is CCN1CCC(c2c[nH]c3c(C(N)=O)cc(-c4ccccc4)cc23)CC1.O=CO. The Balaban J connectivity index is 0.000000755. The fraction of sp³-hybridized carbons (Fsp3) is 0.304. The van der Waals surface area contributed by atoms with Crippen molar-refractivity contribution in [2.75, 3.05) is 19.6 Å². The van der Waals surface area contributed by atoms with E-state index < -0.39 is 0 Å². The minimum atomic E-state index is -0.387. The second-order valence-electron chi connectivity index (χ2n) is 7.23. The predicted molar refractivity (Wildman–Crippen MR) is 115 cm³/mol. The van der Waals surface area contributed by atoms with Crippen LogP contribution in [0.3, 0.4) is 0 Å². The molecule has 0 radical (unpaired) electrons. The molecule has 0 spiro atoms. The first-order chi connectivity index (χ1) is 14.1. The largest absolute Gasteiger partial charge is 0.483 e. The number of carboxylic acid groups (broad SMARTS) is 1. The number of carbonyl (C=O) groups excluding carboxylic acids is 1. The Bertz CT molecular complexity index is 974. The highest BCUT2D eigenvalue weighted by molar-refractivity contribution is 6.07. The topological polar surface area (TPSA) is 99.4 Å². The number of nitrogens with zero attached hydrogens (tertiary/aromatic N) is 1. The normalized spacial score (nSPS) is 14.9. The minimum Gasteiger partial charge on any atom is -0.483 e. The number of primary amides is 1. The average molecular weight is 393 g/mol. The lowest BCUT2D eigenvalue weighted by molar-refractivity contribution is -0.122. The quantitative estimate of drug-likeness (QED) is 0.587. The highest BCUT2D eigenvalue weighted by atomic mass is 16.3. The molecule has 0 bridgehead atoms. The molecule has 6 heteroatoms. The zero-order valence-electron chi connectivity index (χ0n) is 16.6. The summed E-state index contributed by atoms with van der Waals surface area (Å²) in [6, 6.07) is 14.3. The number of hydrogen-bond donors (Lipinski definition) is 3. The molecule has 0 aliphatic carbocycles. The Morgan fingerprint density at radius 2 is 1.86 bits per heavy atom. The van der Waals surface area contributed by atoms with Gasteiger partial charge in [0.1, 0.15) is 0 Å². The Hall–Kier alpha value is -3.12. The fourth-order valence-corrected chi connectivity index (χ4v) is 4.14. The summed E-state index contributed by atoms with van der Waals surface area (Å²) in [5, 5.41) is 8.02. The molecule has 1 aliphatic rings. The van der Waals surface area contributed by atoms with Gasteiger partial charge in [0.2, 0.25) is 0 Å². The van der Waals surface area contributed by atoms with Gasteiger partial charge in [-0.15, -0.1) is 0 Å². The third kappa shape index (κ3) is 4.49. The number of benzene rings is 2. The first-order valence-corrected chi connectivity index (χ1v) is 9.89. The average Bonchev–Trinajstić information content (AvgIpc) is 3.18. The van der Waals surface area contributed by atoms with Gasteiger partial charge in [0.05, 0.1) is 11.1 Å². The summed E-state index contributed by atoms with van der Waals surface area (Å²) in [6.45, 7) is 5.35. The summed E-state index contributed by atoms with van der Waals surface area (Å²) in [5.74, 6) is 0.139. The summed E-state index contributed by atoms with van der Waals surface area (Å²) in [7, 11) is 0. The van der Waals surface area contributed by atoms with Crippen molar-refractivity contribution in [2.24, 2.45) is 5.73 Å². The summed E-state index contributed by atoms with van der Waals surface area (Å²) < 4.78 is 0. The molecule has 2 aromatic carbocycles. The van der Waals surface area contributed by atoms with Crippen molar-refractivity contribution in [3.8, 4) is 11.1 Å². The van der Waals surface area contributed by atoms with Crippen LogP contribution in [-0.2, 0) is 4.79 Å². The molecule has 0 atom stereocenters. The van der Waals surface area contributed by atoms with Gasteiger partial charge in [0, 0.05) is 11.6 Å². The van der Waals surface area contributed by atoms with E-state index in [0.717, 1.165) is 54.5 Å². The molecule has 0 unspecified atom stereocenters. The lowest BCUT2D eigenvalue weighted by atomic mass is 9.88. The van der Waals surface area contributed by atoms with E-state index in [1.807, 2.05) is 24.3 Å². The maximum absolute atomic E-state index is 12.1. The number of carbonyl (C=O) groups is 2. The van der Waals surface area contributed by atoms with E-state index in [0.29, 0.717) is 11.5 Å². The molecule has 1 fully saturated rings. The second-order valence-corrected chi connectivity index (χ2v) is 7.23. The maximum Gasteiger partial charge on any atom is 0.290 e. The standard InChI is InChI=1S/C22H25N3O.CH2O2/c1-2-25-10-8-16(9-11-25)20-14-24-21-18(20)12-17(13-19(21)22(23)26)15-6-4-3-5-7-15;2-1-3/h3-7,12-14,16,24H,2,8-11H2,1H3,(H2,23,26);1H,(H,2,3). The lowest BCUT2D eigenvalue weighted by Gasteiger charge is -2.31.